The van der Waals surface area contributed by atoms with Gasteiger partial charge < -0.3 is 15.7 Å². The van der Waals surface area contributed by atoms with Crippen LogP contribution in [0.1, 0.15) is 60.0 Å². The molecule has 5 nitrogen and oxygen atoms in total. The zero-order chi connectivity index (χ0) is 25.4. The predicted octanol–water partition coefficient (Wildman–Crippen LogP) is 5.96. The summed E-state index contributed by atoms with van der Waals surface area (Å²) in [6.45, 7) is 6.66. The number of hydrogen-bond acceptors (Lipinski definition) is 4. The predicted molar refractivity (Wildman–Crippen MR) is 137 cm³/mol. The van der Waals surface area contributed by atoms with Gasteiger partial charge in [-0.15, -0.1) is 0 Å². The number of halogens is 1. The Morgan fingerprint density at radius 2 is 1.80 bits per heavy atom. The highest BCUT2D eigenvalue weighted by Crippen LogP contribution is 2.28. The molecule has 0 aliphatic carbocycles. The lowest BCUT2D eigenvalue weighted by atomic mass is 9.93. The first-order valence-corrected chi connectivity index (χ1v) is 11.9. The summed E-state index contributed by atoms with van der Waals surface area (Å²) in [5, 5.41) is 25.9. The van der Waals surface area contributed by atoms with Crippen LogP contribution < -0.4 is 10.6 Å². The summed E-state index contributed by atoms with van der Waals surface area (Å²) in [6, 6.07) is 22.5. The molecule has 0 amide bonds. The average Bonchev–Trinajstić information content (AvgIpc) is 2.84. The number of hydrogen-bond donors (Lipinski definition) is 3. The molecule has 0 saturated carbocycles. The molecule has 3 aromatic carbocycles. The molecular weight excluding hydrogens is 441 g/mol. The molecule has 3 N–H and O–H groups in total. The fraction of sp³-hybridized carbons (Fsp3) is 0.310. The second kappa shape index (κ2) is 12.1. The fourth-order valence-electron chi connectivity index (χ4n) is 4.39. The van der Waals surface area contributed by atoms with Gasteiger partial charge in [0.25, 0.3) is 0 Å². The minimum atomic E-state index is -0.846. The Morgan fingerprint density at radius 3 is 2.46 bits per heavy atom. The van der Waals surface area contributed by atoms with E-state index in [0.717, 1.165) is 23.1 Å². The number of nitrogens with zero attached hydrogens (tertiary/aromatic N) is 1. The molecule has 3 atom stereocenters. The normalized spacial score (nSPS) is 13.5. The molecule has 6 heteroatoms. The zero-order valence-corrected chi connectivity index (χ0v) is 20.4. The van der Waals surface area contributed by atoms with E-state index < -0.39 is 11.8 Å². The highest BCUT2D eigenvalue weighted by molar-refractivity contribution is 5.70. The highest BCUT2D eigenvalue weighted by Gasteiger charge is 2.24. The van der Waals surface area contributed by atoms with Crippen molar-refractivity contribution in [3.8, 4) is 6.07 Å². The maximum absolute atomic E-state index is 13.9. The second-order valence-electron chi connectivity index (χ2n) is 8.93. The van der Waals surface area contributed by atoms with Gasteiger partial charge in [0.2, 0.25) is 0 Å². The Balaban J connectivity index is 1.85. The van der Waals surface area contributed by atoms with Crippen LogP contribution in [0.3, 0.4) is 0 Å². The van der Waals surface area contributed by atoms with E-state index in [1.165, 1.54) is 12.1 Å². The maximum atomic E-state index is 13.9. The van der Waals surface area contributed by atoms with Gasteiger partial charge in [0, 0.05) is 12.6 Å². The lowest BCUT2D eigenvalue weighted by molar-refractivity contribution is -0.136. The van der Waals surface area contributed by atoms with E-state index in [1.807, 2.05) is 42.5 Å². The van der Waals surface area contributed by atoms with E-state index in [9.17, 15) is 14.4 Å². The Labute approximate surface area is 206 Å². The molecule has 182 valence electrons. The van der Waals surface area contributed by atoms with Crippen LogP contribution in [0.15, 0.2) is 66.7 Å². The van der Waals surface area contributed by atoms with Crippen molar-refractivity contribution >= 4 is 11.7 Å². The molecule has 0 fully saturated rings. The fourth-order valence-corrected chi connectivity index (χ4v) is 4.39. The van der Waals surface area contributed by atoms with Crippen LogP contribution >= 0.6 is 0 Å². The Morgan fingerprint density at radius 1 is 1.09 bits per heavy atom. The Bertz CT molecular complexity index is 1190. The Hall–Kier alpha value is -3.69. The maximum Gasteiger partial charge on any atom is 0.307 e. The van der Waals surface area contributed by atoms with Crippen LogP contribution in [0.25, 0.3) is 0 Å². The molecule has 3 aromatic rings. The third-order valence-corrected chi connectivity index (χ3v) is 6.27. The molecule has 35 heavy (non-hydrogen) atoms. The number of benzene rings is 3. The quantitative estimate of drug-likeness (QED) is 0.320. The van der Waals surface area contributed by atoms with Gasteiger partial charge in [0.05, 0.1) is 23.7 Å². The van der Waals surface area contributed by atoms with Crippen LogP contribution in [0.5, 0.6) is 0 Å². The summed E-state index contributed by atoms with van der Waals surface area (Å²) in [7, 11) is 0. The number of rotatable bonds is 11. The van der Waals surface area contributed by atoms with Crippen molar-refractivity contribution in [2.75, 3.05) is 11.9 Å². The molecule has 0 spiro atoms. The summed E-state index contributed by atoms with van der Waals surface area (Å²) in [5.41, 5.74) is 4.59. The molecule has 3 rings (SSSR count). The molecule has 0 unspecified atom stereocenters. The number of nitriles is 1. The van der Waals surface area contributed by atoms with E-state index in [-0.39, 0.29) is 30.0 Å². The first-order chi connectivity index (χ1) is 16.8. The monoisotopic (exact) mass is 473 g/mol. The van der Waals surface area contributed by atoms with Gasteiger partial charge in [-0.25, -0.2) is 4.39 Å². The largest absolute Gasteiger partial charge is 0.481 e. The van der Waals surface area contributed by atoms with Crippen molar-refractivity contribution in [3.05, 3.63) is 100 Å². The summed E-state index contributed by atoms with van der Waals surface area (Å²) >= 11 is 0. The van der Waals surface area contributed by atoms with Crippen LogP contribution in [0.2, 0.25) is 0 Å². The van der Waals surface area contributed by atoms with Crippen molar-refractivity contribution in [2.24, 2.45) is 0 Å². The number of carboxylic acids is 1. The van der Waals surface area contributed by atoms with E-state index in [4.69, 9.17) is 5.11 Å². The van der Waals surface area contributed by atoms with Gasteiger partial charge >= 0.3 is 5.97 Å². The summed E-state index contributed by atoms with van der Waals surface area (Å²) in [5.74, 6) is -1.12. The molecule has 0 saturated heterocycles. The van der Waals surface area contributed by atoms with Gasteiger partial charge in [-0.1, -0.05) is 68.4 Å². The summed E-state index contributed by atoms with van der Waals surface area (Å²) in [6.07, 6.45) is 0.775. The summed E-state index contributed by atoms with van der Waals surface area (Å²) < 4.78 is 13.9. The average molecular weight is 474 g/mol. The Kier molecular flexibility index (Phi) is 8.99. The van der Waals surface area contributed by atoms with Crippen molar-refractivity contribution in [1.29, 1.82) is 5.26 Å². The molecule has 0 radical (unpaired) electrons. The van der Waals surface area contributed by atoms with Crippen molar-refractivity contribution in [3.63, 3.8) is 0 Å². The minimum Gasteiger partial charge on any atom is -0.481 e. The SMILES string of the molecule is CC[C@@H](Nc1c(C)cc(F)cc1C#N)[C@H](NC[C@H](C)c1cccc(CC(=O)O)c1)c1ccccc1. The van der Waals surface area contributed by atoms with Crippen LogP contribution in [-0.2, 0) is 11.2 Å². The van der Waals surface area contributed by atoms with E-state index in [0.29, 0.717) is 17.8 Å². The second-order valence-corrected chi connectivity index (χ2v) is 8.93. The van der Waals surface area contributed by atoms with Crippen molar-refractivity contribution < 1.29 is 14.3 Å². The topological polar surface area (TPSA) is 85.2 Å². The molecule has 0 bridgehead atoms. The van der Waals surface area contributed by atoms with Crippen LogP contribution in [-0.4, -0.2) is 23.7 Å². The number of carbonyl (C=O) groups is 1. The number of aliphatic carboxylic acids is 1. The van der Waals surface area contributed by atoms with Gasteiger partial charge in [-0.3, -0.25) is 4.79 Å². The summed E-state index contributed by atoms with van der Waals surface area (Å²) in [4.78, 5) is 11.1. The minimum absolute atomic E-state index is 0.000699. The zero-order valence-electron chi connectivity index (χ0n) is 20.4. The number of carboxylic acid groups (broad SMARTS) is 1. The molecule has 0 heterocycles. The molecule has 0 aliphatic heterocycles. The smallest absolute Gasteiger partial charge is 0.307 e. The van der Waals surface area contributed by atoms with Crippen LogP contribution in [0.4, 0.5) is 10.1 Å². The number of aryl methyl sites for hydroxylation is 1. The van der Waals surface area contributed by atoms with E-state index in [1.54, 1.807) is 6.92 Å². The third kappa shape index (κ3) is 6.91. The van der Waals surface area contributed by atoms with E-state index >= 15 is 0 Å². The standard InChI is InChI=1S/C29H32FN3O2/c1-4-26(33-28-19(2)13-25(30)16-24(28)17-31)29(22-10-6-5-7-11-22)32-18-20(3)23-12-8-9-21(14-23)15-27(34)35/h5-14,16,20,26,29,32-33H,4,15,18H2,1-3H3,(H,34,35)/t20-,26+,29+/m0/s1. The van der Waals surface area contributed by atoms with E-state index in [2.05, 4.69) is 42.7 Å². The highest BCUT2D eigenvalue weighted by atomic mass is 19.1. The first-order valence-electron chi connectivity index (χ1n) is 11.9. The van der Waals surface area contributed by atoms with Gasteiger partial charge in [-0.2, -0.15) is 5.26 Å². The van der Waals surface area contributed by atoms with Crippen molar-refractivity contribution in [2.45, 2.75) is 51.6 Å². The first kappa shape index (κ1) is 25.9. The van der Waals surface area contributed by atoms with Gasteiger partial charge in [0.1, 0.15) is 11.9 Å². The van der Waals surface area contributed by atoms with Crippen molar-refractivity contribution in [1.82, 2.24) is 5.32 Å². The number of anilines is 1. The molecule has 0 aliphatic rings. The number of nitrogens with one attached hydrogen (secondary N) is 2. The lowest BCUT2D eigenvalue weighted by Gasteiger charge is -2.31. The van der Waals surface area contributed by atoms with Crippen LogP contribution in [0, 0.1) is 24.1 Å². The van der Waals surface area contributed by atoms with Gasteiger partial charge in [-0.05, 0) is 53.6 Å². The molecule has 0 aromatic heterocycles. The van der Waals surface area contributed by atoms with Gasteiger partial charge in [0.15, 0.2) is 0 Å². The third-order valence-electron chi connectivity index (χ3n) is 6.27. The molecular formula is C29H32FN3O2. The lowest BCUT2D eigenvalue weighted by Crippen LogP contribution is -2.38.